The fourth-order valence-corrected chi connectivity index (χ4v) is 2.14. The van der Waals surface area contributed by atoms with E-state index in [2.05, 4.69) is 17.2 Å². The topological polar surface area (TPSA) is 42.0 Å². The molecule has 0 atom stereocenters. The van der Waals surface area contributed by atoms with E-state index >= 15 is 0 Å². The predicted molar refractivity (Wildman–Crippen MR) is 86.9 cm³/mol. The lowest BCUT2D eigenvalue weighted by molar-refractivity contribution is 0.102. The number of anilines is 1. The third kappa shape index (κ3) is 4.87. The van der Waals surface area contributed by atoms with E-state index in [0.717, 1.165) is 12.8 Å². The molecule has 1 aromatic heterocycles. The van der Waals surface area contributed by atoms with Crippen LogP contribution in [-0.2, 0) is 6.42 Å². The first kappa shape index (κ1) is 15.5. The lowest BCUT2D eigenvalue weighted by Crippen LogP contribution is -2.13. The lowest BCUT2D eigenvalue weighted by atomic mass is 10.1. The number of carbonyl (C=O) groups is 1. The summed E-state index contributed by atoms with van der Waals surface area (Å²) in [6, 6.07) is 10.7. The Balaban J connectivity index is 1.94. The highest BCUT2D eigenvalue weighted by atomic mass is 35.5. The number of aryl methyl sites for hydroxylation is 1. The number of benzene rings is 1. The molecule has 110 valence electrons. The number of amides is 1. The van der Waals surface area contributed by atoms with Gasteiger partial charge in [0.1, 0.15) is 5.69 Å². The maximum absolute atomic E-state index is 12.1. The van der Waals surface area contributed by atoms with Crippen molar-refractivity contribution in [2.24, 2.45) is 0 Å². The number of pyridine rings is 1. The summed E-state index contributed by atoms with van der Waals surface area (Å²) in [5.41, 5.74) is 2.30. The molecule has 1 N–H and O–H groups in total. The molecule has 0 spiro atoms. The van der Waals surface area contributed by atoms with Crippen LogP contribution in [0.2, 0.25) is 5.02 Å². The summed E-state index contributed by atoms with van der Waals surface area (Å²) in [6.07, 6.45) is 6.38. The molecular formula is C17H19ClN2O. The van der Waals surface area contributed by atoms with E-state index in [9.17, 15) is 4.79 Å². The quantitative estimate of drug-likeness (QED) is 0.784. The van der Waals surface area contributed by atoms with Crippen molar-refractivity contribution in [1.29, 1.82) is 0 Å². The van der Waals surface area contributed by atoms with Crippen LogP contribution in [0.3, 0.4) is 0 Å². The van der Waals surface area contributed by atoms with Gasteiger partial charge < -0.3 is 5.32 Å². The number of nitrogens with zero attached hydrogens (tertiary/aromatic N) is 1. The molecule has 3 nitrogen and oxygen atoms in total. The van der Waals surface area contributed by atoms with Gasteiger partial charge in [-0.2, -0.15) is 0 Å². The van der Waals surface area contributed by atoms with Gasteiger partial charge >= 0.3 is 0 Å². The van der Waals surface area contributed by atoms with E-state index < -0.39 is 0 Å². The zero-order chi connectivity index (χ0) is 15.1. The first-order valence-electron chi connectivity index (χ1n) is 7.21. The second-order valence-electron chi connectivity index (χ2n) is 4.97. The Morgan fingerprint density at radius 3 is 2.52 bits per heavy atom. The zero-order valence-electron chi connectivity index (χ0n) is 12.1. The SMILES string of the molecule is CCCCCc1ccc(C(=O)Nc2ccc(Cl)cc2)nc1. The second-order valence-corrected chi connectivity index (χ2v) is 5.41. The standard InChI is InChI=1S/C17H19ClN2O/c1-2-3-4-5-13-6-11-16(19-12-13)17(21)20-15-9-7-14(18)8-10-15/h6-12H,2-5H2,1H3,(H,20,21). The van der Waals surface area contributed by atoms with E-state index in [-0.39, 0.29) is 5.91 Å². The minimum atomic E-state index is -0.211. The van der Waals surface area contributed by atoms with Gasteiger partial charge in [-0.3, -0.25) is 9.78 Å². The van der Waals surface area contributed by atoms with Crippen LogP contribution in [0.25, 0.3) is 0 Å². The minimum Gasteiger partial charge on any atom is -0.321 e. The molecule has 0 bridgehead atoms. The Morgan fingerprint density at radius 2 is 1.90 bits per heavy atom. The van der Waals surface area contributed by atoms with Crippen LogP contribution in [0, 0.1) is 0 Å². The Hall–Kier alpha value is -1.87. The molecule has 1 aromatic carbocycles. The average molecular weight is 303 g/mol. The number of aromatic nitrogens is 1. The van der Waals surface area contributed by atoms with Gasteiger partial charge in [0.15, 0.2) is 0 Å². The van der Waals surface area contributed by atoms with Crippen LogP contribution in [0.5, 0.6) is 0 Å². The number of halogens is 1. The van der Waals surface area contributed by atoms with Crippen molar-refractivity contribution in [3.05, 3.63) is 58.9 Å². The molecule has 0 saturated carbocycles. The molecule has 0 saturated heterocycles. The largest absolute Gasteiger partial charge is 0.321 e. The van der Waals surface area contributed by atoms with Crippen LogP contribution in [0.15, 0.2) is 42.6 Å². The number of nitrogens with one attached hydrogen (secondary N) is 1. The highest BCUT2D eigenvalue weighted by Gasteiger charge is 2.07. The van der Waals surface area contributed by atoms with Gasteiger partial charge in [0.2, 0.25) is 0 Å². The molecule has 0 aliphatic heterocycles. The molecule has 0 fully saturated rings. The molecule has 2 rings (SSSR count). The molecule has 21 heavy (non-hydrogen) atoms. The molecule has 4 heteroatoms. The molecule has 2 aromatic rings. The van der Waals surface area contributed by atoms with Crippen LogP contribution >= 0.6 is 11.6 Å². The number of unbranched alkanes of at least 4 members (excludes halogenated alkanes) is 2. The molecular weight excluding hydrogens is 284 g/mol. The Morgan fingerprint density at radius 1 is 1.14 bits per heavy atom. The van der Waals surface area contributed by atoms with Crippen LogP contribution in [0.1, 0.15) is 42.2 Å². The highest BCUT2D eigenvalue weighted by Crippen LogP contribution is 2.14. The number of carbonyl (C=O) groups excluding carboxylic acids is 1. The fourth-order valence-electron chi connectivity index (χ4n) is 2.01. The lowest BCUT2D eigenvalue weighted by Gasteiger charge is -2.06. The average Bonchev–Trinajstić information content (AvgIpc) is 2.50. The van der Waals surface area contributed by atoms with E-state index in [1.165, 1.54) is 18.4 Å². The third-order valence-electron chi connectivity index (χ3n) is 3.23. The first-order valence-corrected chi connectivity index (χ1v) is 7.58. The summed E-state index contributed by atoms with van der Waals surface area (Å²) in [7, 11) is 0. The molecule has 0 aliphatic rings. The summed E-state index contributed by atoms with van der Waals surface area (Å²) >= 11 is 5.81. The van der Waals surface area contributed by atoms with Crippen molar-refractivity contribution in [2.75, 3.05) is 5.32 Å². The first-order chi connectivity index (χ1) is 10.2. The molecule has 0 aliphatic carbocycles. The smallest absolute Gasteiger partial charge is 0.274 e. The van der Waals surface area contributed by atoms with Gasteiger partial charge in [-0.05, 0) is 48.7 Å². The third-order valence-corrected chi connectivity index (χ3v) is 3.48. The van der Waals surface area contributed by atoms with Gasteiger partial charge in [-0.1, -0.05) is 37.4 Å². The summed E-state index contributed by atoms with van der Waals surface area (Å²) in [6.45, 7) is 2.18. The zero-order valence-corrected chi connectivity index (χ0v) is 12.9. The molecule has 1 heterocycles. The van der Waals surface area contributed by atoms with Gasteiger partial charge in [-0.15, -0.1) is 0 Å². The normalized spacial score (nSPS) is 10.4. The van der Waals surface area contributed by atoms with Crippen molar-refractivity contribution in [3.63, 3.8) is 0 Å². The van der Waals surface area contributed by atoms with Crippen LogP contribution in [-0.4, -0.2) is 10.9 Å². The summed E-state index contributed by atoms with van der Waals surface area (Å²) < 4.78 is 0. The van der Waals surface area contributed by atoms with Crippen molar-refractivity contribution < 1.29 is 4.79 Å². The molecule has 0 unspecified atom stereocenters. The van der Waals surface area contributed by atoms with Crippen LogP contribution < -0.4 is 5.32 Å². The molecule has 1 amide bonds. The number of hydrogen-bond donors (Lipinski definition) is 1. The van der Waals surface area contributed by atoms with Gasteiger partial charge in [-0.25, -0.2) is 0 Å². The molecule has 0 radical (unpaired) electrons. The maximum Gasteiger partial charge on any atom is 0.274 e. The van der Waals surface area contributed by atoms with E-state index in [4.69, 9.17) is 11.6 Å². The van der Waals surface area contributed by atoms with Gasteiger partial charge in [0.05, 0.1) is 0 Å². The fraction of sp³-hybridized carbons (Fsp3) is 0.294. The Labute approximate surface area is 130 Å². The van der Waals surface area contributed by atoms with E-state index in [1.54, 1.807) is 36.5 Å². The minimum absolute atomic E-state index is 0.211. The maximum atomic E-state index is 12.1. The number of hydrogen-bond acceptors (Lipinski definition) is 2. The summed E-state index contributed by atoms with van der Waals surface area (Å²) in [5, 5.41) is 3.44. The van der Waals surface area contributed by atoms with Gasteiger partial charge in [0, 0.05) is 16.9 Å². The highest BCUT2D eigenvalue weighted by molar-refractivity contribution is 6.30. The van der Waals surface area contributed by atoms with Crippen molar-refractivity contribution in [2.45, 2.75) is 32.6 Å². The van der Waals surface area contributed by atoms with Gasteiger partial charge in [0.25, 0.3) is 5.91 Å². The van der Waals surface area contributed by atoms with E-state index in [0.29, 0.717) is 16.4 Å². The Bertz CT molecular complexity index is 579. The summed E-state index contributed by atoms with van der Waals surface area (Å²) in [5.74, 6) is -0.211. The monoisotopic (exact) mass is 302 g/mol. The second kappa shape index (κ2) is 7.79. The number of rotatable bonds is 6. The van der Waals surface area contributed by atoms with Crippen molar-refractivity contribution in [3.8, 4) is 0 Å². The van der Waals surface area contributed by atoms with Crippen LogP contribution in [0.4, 0.5) is 5.69 Å². The summed E-state index contributed by atoms with van der Waals surface area (Å²) in [4.78, 5) is 16.3. The Kier molecular flexibility index (Phi) is 5.76. The predicted octanol–water partition coefficient (Wildman–Crippen LogP) is 4.72. The van der Waals surface area contributed by atoms with Crippen molar-refractivity contribution >= 4 is 23.2 Å². The van der Waals surface area contributed by atoms with Crippen molar-refractivity contribution in [1.82, 2.24) is 4.98 Å². The van der Waals surface area contributed by atoms with E-state index in [1.807, 2.05) is 6.07 Å².